The van der Waals surface area contributed by atoms with Crippen molar-refractivity contribution in [3.63, 3.8) is 0 Å². The van der Waals surface area contributed by atoms with Crippen LogP contribution in [0.15, 0.2) is 59.7 Å². The van der Waals surface area contributed by atoms with Crippen molar-refractivity contribution in [1.82, 2.24) is 14.5 Å². The molecule has 134 valence electrons. The molecular weight excluding hydrogens is 326 g/mol. The van der Waals surface area contributed by atoms with E-state index in [0.717, 1.165) is 5.56 Å². The fourth-order valence-corrected chi connectivity index (χ4v) is 2.94. The molecule has 0 N–H and O–H groups in total. The Morgan fingerprint density at radius 3 is 2.58 bits per heavy atom. The number of carbonyl (C=O) groups excluding carboxylic acids is 1. The number of benzene rings is 2. The lowest BCUT2D eigenvalue weighted by Gasteiger charge is -2.25. The molecular formula is C21H23N3O2. The first-order valence-corrected chi connectivity index (χ1v) is 8.74. The van der Waals surface area contributed by atoms with Crippen molar-refractivity contribution >= 4 is 16.8 Å². The summed E-state index contributed by atoms with van der Waals surface area (Å²) in [6, 6.07) is 15.4. The zero-order chi connectivity index (χ0) is 18.7. The van der Waals surface area contributed by atoms with Crippen molar-refractivity contribution in [2.24, 2.45) is 0 Å². The third kappa shape index (κ3) is 3.67. The Kier molecular flexibility index (Phi) is 5.16. The second-order valence-electron chi connectivity index (χ2n) is 6.60. The molecule has 0 aliphatic heterocycles. The fourth-order valence-electron chi connectivity index (χ4n) is 2.94. The molecule has 3 rings (SSSR count). The van der Waals surface area contributed by atoms with Crippen molar-refractivity contribution in [2.75, 3.05) is 7.05 Å². The molecule has 1 atom stereocenters. The minimum atomic E-state index is -0.113. The summed E-state index contributed by atoms with van der Waals surface area (Å²) in [5, 5.41) is 0.573. The van der Waals surface area contributed by atoms with Gasteiger partial charge in [-0.15, -0.1) is 0 Å². The van der Waals surface area contributed by atoms with Gasteiger partial charge in [-0.05, 0) is 31.5 Å². The van der Waals surface area contributed by atoms with Crippen molar-refractivity contribution < 1.29 is 4.79 Å². The summed E-state index contributed by atoms with van der Waals surface area (Å²) in [5.41, 5.74) is 2.84. The normalized spacial score (nSPS) is 12.1. The lowest BCUT2D eigenvalue weighted by atomic mass is 10.1. The molecule has 5 nitrogen and oxygen atoms in total. The summed E-state index contributed by atoms with van der Waals surface area (Å²) >= 11 is 0. The first kappa shape index (κ1) is 17.9. The third-order valence-electron chi connectivity index (χ3n) is 4.83. The Morgan fingerprint density at radius 2 is 1.85 bits per heavy atom. The number of aromatic nitrogens is 2. The number of nitrogens with zero attached hydrogens (tertiary/aromatic N) is 3. The average Bonchev–Trinajstić information content (AvgIpc) is 2.67. The Hall–Kier alpha value is -2.95. The van der Waals surface area contributed by atoms with Gasteiger partial charge < -0.3 is 4.90 Å². The Labute approximate surface area is 152 Å². The summed E-state index contributed by atoms with van der Waals surface area (Å²) in [6.07, 6.45) is 1.77. The number of hydrogen-bond acceptors (Lipinski definition) is 3. The van der Waals surface area contributed by atoms with E-state index in [1.807, 2.05) is 56.3 Å². The molecule has 0 saturated carbocycles. The predicted molar refractivity (Wildman–Crippen MR) is 103 cm³/mol. The summed E-state index contributed by atoms with van der Waals surface area (Å²) < 4.78 is 1.50. The molecule has 26 heavy (non-hydrogen) atoms. The molecule has 0 radical (unpaired) electrons. The van der Waals surface area contributed by atoms with Crippen molar-refractivity contribution in [1.29, 1.82) is 0 Å². The van der Waals surface area contributed by atoms with Gasteiger partial charge in [-0.2, -0.15) is 0 Å². The maximum atomic E-state index is 12.6. The van der Waals surface area contributed by atoms with Crippen LogP contribution >= 0.6 is 0 Å². The zero-order valence-electron chi connectivity index (χ0n) is 15.3. The van der Waals surface area contributed by atoms with Crippen LogP contribution in [0.3, 0.4) is 0 Å². The van der Waals surface area contributed by atoms with E-state index in [1.165, 1.54) is 16.5 Å². The minimum Gasteiger partial charge on any atom is -0.339 e. The van der Waals surface area contributed by atoms with Crippen LogP contribution in [-0.2, 0) is 11.3 Å². The number of hydrogen-bond donors (Lipinski definition) is 0. The first-order chi connectivity index (χ1) is 12.5. The molecule has 0 bridgehead atoms. The molecule has 1 unspecified atom stereocenters. The lowest BCUT2D eigenvalue weighted by molar-refractivity contribution is -0.132. The highest BCUT2D eigenvalue weighted by atomic mass is 16.2. The predicted octanol–water partition coefficient (Wildman–Crippen LogP) is 3.31. The number of rotatable bonds is 5. The highest BCUT2D eigenvalue weighted by Crippen LogP contribution is 2.20. The Balaban J connectivity index is 1.69. The van der Waals surface area contributed by atoms with E-state index in [0.29, 0.717) is 17.4 Å². The SMILES string of the molecule is Cc1ccc(C(C)N(C)C(=O)CCn2cnc3ccccc3c2=O)cc1. The average molecular weight is 349 g/mol. The van der Waals surface area contributed by atoms with E-state index in [9.17, 15) is 9.59 Å². The van der Waals surface area contributed by atoms with Crippen LogP contribution in [0.25, 0.3) is 10.9 Å². The molecule has 0 aliphatic carbocycles. The van der Waals surface area contributed by atoms with Gasteiger partial charge in [-0.1, -0.05) is 42.0 Å². The smallest absolute Gasteiger partial charge is 0.261 e. The zero-order valence-corrected chi connectivity index (χ0v) is 15.3. The van der Waals surface area contributed by atoms with Gasteiger partial charge in [-0.25, -0.2) is 4.98 Å². The van der Waals surface area contributed by atoms with Crippen molar-refractivity contribution in [2.45, 2.75) is 32.9 Å². The largest absolute Gasteiger partial charge is 0.339 e. The van der Waals surface area contributed by atoms with Crippen LogP contribution in [0, 0.1) is 6.92 Å². The molecule has 3 aromatic rings. The monoisotopic (exact) mass is 349 g/mol. The molecule has 2 aromatic carbocycles. The van der Waals surface area contributed by atoms with Gasteiger partial charge in [0.1, 0.15) is 0 Å². The van der Waals surface area contributed by atoms with E-state index in [2.05, 4.69) is 4.98 Å². The third-order valence-corrected chi connectivity index (χ3v) is 4.83. The molecule has 0 aliphatic rings. The molecule has 1 aromatic heterocycles. The number of para-hydroxylation sites is 1. The number of carbonyl (C=O) groups is 1. The highest BCUT2D eigenvalue weighted by Gasteiger charge is 2.17. The van der Waals surface area contributed by atoms with E-state index >= 15 is 0 Å². The summed E-state index contributed by atoms with van der Waals surface area (Å²) in [4.78, 5) is 31.1. The van der Waals surface area contributed by atoms with E-state index in [-0.39, 0.29) is 23.9 Å². The summed E-state index contributed by atoms with van der Waals surface area (Å²) in [7, 11) is 1.80. The van der Waals surface area contributed by atoms with Crippen LogP contribution < -0.4 is 5.56 Å². The Morgan fingerprint density at radius 1 is 1.15 bits per heavy atom. The molecule has 5 heteroatoms. The topological polar surface area (TPSA) is 55.2 Å². The Bertz CT molecular complexity index is 976. The van der Waals surface area contributed by atoms with Gasteiger partial charge in [0.25, 0.3) is 5.56 Å². The summed E-state index contributed by atoms with van der Waals surface area (Å²) in [6.45, 7) is 4.37. The van der Waals surface area contributed by atoms with Gasteiger partial charge in [-0.3, -0.25) is 14.2 Å². The second kappa shape index (κ2) is 7.52. The van der Waals surface area contributed by atoms with Gasteiger partial charge in [0.2, 0.25) is 5.91 Å². The quantitative estimate of drug-likeness (QED) is 0.710. The standard InChI is InChI=1S/C21H23N3O2/c1-15-8-10-17(11-9-15)16(2)23(3)20(25)12-13-24-14-22-19-7-5-4-6-18(19)21(24)26/h4-11,14,16H,12-13H2,1-3H3. The fraction of sp³-hybridized carbons (Fsp3) is 0.286. The van der Waals surface area contributed by atoms with Crippen LogP contribution in [0.2, 0.25) is 0 Å². The van der Waals surface area contributed by atoms with Crippen molar-refractivity contribution in [3.05, 3.63) is 76.3 Å². The number of aryl methyl sites for hydroxylation is 2. The van der Waals surface area contributed by atoms with Crippen LogP contribution in [0.1, 0.15) is 30.5 Å². The number of fused-ring (bicyclic) bond motifs is 1. The van der Waals surface area contributed by atoms with E-state index in [1.54, 1.807) is 18.0 Å². The van der Waals surface area contributed by atoms with Crippen LogP contribution in [-0.4, -0.2) is 27.4 Å². The van der Waals surface area contributed by atoms with Crippen LogP contribution in [0.4, 0.5) is 0 Å². The van der Waals surface area contributed by atoms with Gasteiger partial charge in [0.05, 0.1) is 23.3 Å². The molecule has 1 heterocycles. The van der Waals surface area contributed by atoms with Crippen molar-refractivity contribution in [3.8, 4) is 0 Å². The molecule has 1 amide bonds. The minimum absolute atomic E-state index is 0.00173. The van der Waals surface area contributed by atoms with Crippen LogP contribution in [0.5, 0.6) is 0 Å². The number of amides is 1. The van der Waals surface area contributed by atoms with Gasteiger partial charge in [0.15, 0.2) is 0 Å². The van der Waals surface area contributed by atoms with E-state index in [4.69, 9.17) is 0 Å². The first-order valence-electron chi connectivity index (χ1n) is 8.74. The second-order valence-corrected chi connectivity index (χ2v) is 6.60. The lowest BCUT2D eigenvalue weighted by Crippen LogP contribution is -2.31. The van der Waals surface area contributed by atoms with E-state index < -0.39 is 0 Å². The molecule has 0 saturated heterocycles. The molecule has 0 spiro atoms. The van der Waals surface area contributed by atoms with Gasteiger partial charge in [0, 0.05) is 20.0 Å². The maximum absolute atomic E-state index is 12.6. The maximum Gasteiger partial charge on any atom is 0.261 e. The highest BCUT2D eigenvalue weighted by molar-refractivity contribution is 5.77. The molecule has 0 fully saturated rings. The summed E-state index contributed by atoms with van der Waals surface area (Å²) in [5.74, 6) is -0.00173. The van der Waals surface area contributed by atoms with Gasteiger partial charge >= 0.3 is 0 Å².